The lowest BCUT2D eigenvalue weighted by molar-refractivity contribution is -0.115. The van der Waals surface area contributed by atoms with Crippen molar-refractivity contribution in [2.75, 3.05) is 32.2 Å². The normalized spacial score (nSPS) is 19.3. The number of thioether (sulfide) groups is 1. The molecule has 4 rings (SSSR count). The maximum Gasteiger partial charge on any atom is 0.264 e. The van der Waals surface area contributed by atoms with Crippen molar-refractivity contribution in [1.29, 1.82) is 0 Å². The van der Waals surface area contributed by atoms with Crippen molar-refractivity contribution in [3.63, 3.8) is 0 Å². The molecule has 2 aromatic rings. The highest BCUT2D eigenvalue weighted by Gasteiger charge is 2.24. The molecule has 6 nitrogen and oxygen atoms in total. The second kappa shape index (κ2) is 9.26. The molecule has 2 heterocycles. The summed E-state index contributed by atoms with van der Waals surface area (Å²) in [6.07, 6.45) is 5.60. The van der Waals surface area contributed by atoms with Gasteiger partial charge in [0.15, 0.2) is 5.17 Å². The number of hydrogen-bond acceptors (Lipinski definition) is 6. The number of amidine groups is 1. The summed E-state index contributed by atoms with van der Waals surface area (Å²) < 4.78 is 10.8. The van der Waals surface area contributed by atoms with E-state index >= 15 is 0 Å². The molecule has 0 aromatic heterocycles. The molecule has 156 valence electrons. The van der Waals surface area contributed by atoms with Crippen LogP contribution in [-0.4, -0.2) is 38.4 Å². The molecule has 2 aliphatic heterocycles. The van der Waals surface area contributed by atoms with Crippen LogP contribution >= 0.6 is 11.8 Å². The second-order valence-corrected chi connectivity index (χ2v) is 8.18. The minimum atomic E-state index is -0.158. The molecule has 1 N–H and O–H groups in total. The van der Waals surface area contributed by atoms with E-state index in [-0.39, 0.29) is 5.91 Å². The topological polar surface area (TPSA) is 63.2 Å². The van der Waals surface area contributed by atoms with Gasteiger partial charge in [-0.1, -0.05) is 0 Å². The van der Waals surface area contributed by atoms with Crippen LogP contribution in [0.2, 0.25) is 0 Å². The number of rotatable bonds is 5. The number of nitrogens with one attached hydrogen (secondary N) is 1. The van der Waals surface area contributed by atoms with Gasteiger partial charge in [0.25, 0.3) is 5.91 Å². The van der Waals surface area contributed by atoms with Crippen molar-refractivity contribution in [3.8, 4) is 11.5 Å². The highest BCUT2D eigenvalue weighted by Crippen LogP contribution is 2.33. The molecule has 7 heteroatoms. The van der Waals surface area contributed by atoms with Gasteiger partial charge in [0.05, 0.1) is 24.8 Å². The lowest BCUT2D eigenvalue weighted by atomic mass is 10.1. The molecule has 0 atom stereocenters. The number of piperidine rings is 1. The van der Waals surface area contributed by atoms with Crippen LogP contribution in [0.25, 0.3) is 6.08 Å². The number of carbonyl (C=O) groups excluding carboxylic acids is 1. The minimum Gasteiger partial charge on any atom is -0.497 e. The lowest BCUT2D eigenvalue weighted by Gasteiger charge is -2.29. The Morgan fingerprint density at radius 1 is 1.03 bits per heavy atom. The van der Waals surface area contributed by atoms with Crippen molar-refractivity contribution in [3.05, 3.63) is 52.9 Å². The summed E-state index contributed by atoms with van der Waals surface area (Å²) in [5.74, 6) is 1.37. The van der Waals surface area contributed by atoms with Gasteiger partial charge in [0.1, 0.15) is 11.5 Å². The standard InChI is InChI=1S/C23H25N3O3S/c1-28-19-10-7-17(8-11-19)24-23-25-22(27)21(30-23)14-16-6-9-18(15-20(16)29-2)26-12-4-3-5-13-26/h6-11,14-15H,3-5,12-13H2,1-2H3,(H,24,25,27)/b21-14-. The first kappa shape index (κ1) is 20.3. The number of methoxy groups -OCH3 is 2. The van der Waals surface area contributed by atoms with Crippen LogP contribution in [0.3, 0.4) is 0 Å². The van der Waals surface area contributed by atoms with Crippen molar-refractivity contribution in [2.24, 2.45) is 4.99 Å². The Labute approximate surface area is 181 Å². The first-order valence-corrected chi connectivity index (χ1v) is 10.8. The molecule has 0 radical (unpaired) electrons. The highest BCUT2D eigenvalue weighted by atomic mass is 32.2. The molecule has 0 aliphatic carbocycles. The number of ether oxygens (including phenoxy) is 2. The zero-order valence-electron chi connectivity index (χ0n) is 17.2. The van der Waals surface area contributed by atoms with Gasteiger partial charge in [-0.05, 0) is 73.5 Å². The van der Waals surface area contributed by atoms with Crippen molar-refractivity contribution in [2.45, 2.75) is 19.3 Å². The van der Waals surface area contributed by atoms with Crippen molar-refractivity contribution >= 4 is 40.3 Å². The zero-order valence-corrected chi connectivity index (χ0v) is 18.0. The van der Waals surface area contributed by atoms with E-state index in [9.17, 15) is 4.79 Å². The van der Waals surface area contributed by atoms with Crippen LogP contribution in [0, 0.1) is 0 Å². The predicted molar refractivity (Wildman–Crippen MR) is 123 cm³/mol. The van der Waals surface area contributed by atoms with Gasteiger partial charge in [0.2, 0.25) is 0 Å². The number of benzene rings is 2. The Hall–Kier alpha value is -2.93. The van der Waals surface area contributed by atoms with E-state index in [0.29, 0.717) is 10.1 Å². The maximum atomic E-state index is 12.4. The SMILES string of the molecule is COc1ccc(N=C2NC(=O)/C(=C/c3ccc(N4CCCCC4)cc3OC)S2)cc1. The number of anilines is 1. The van der Waals surface area contributed by atoms with E-state index in [1.165, 1.54) is 36.7 Å². The Morgan fingerprint density at radius 2 is 1.80 bits per heavy atom. The summed E-state index contributed by atoms with van der Waals surface area (Å²) in [7, 11) is 3.29. The van der Waals surface area contributed by atoms with Crippen LogP contribution in [0.4, 0.5) is 11.4 Å². The molecule has 1 amide bonds. The summed E-state index contributed by atoms with van der Waals surface area (Å²) in [6.45, 7) is 2.15. The number of hydrogen-bond donors (Lipinski definition) is 1. The summed E-state index contributed by atoms with van der Waals surface area (Å²) in [6, 6.07) is 13.6. The van der Waals surface area contributed by atoms with Crippen molar-refractivity contribution < 1.29 is 14.3 Å². The molecule has 30 heavy (non-hydrogen) atoms. The quantitative estimate of drug-likeness (QED) is 0.713. The van der Waals surface area contributed by atoms with Gasteiger partial charge in [-0.15, -0.1) is 0 Å². The maximum absolute atomic E-state index is 12.4. The Bertz CT molecular complexity index is 980. The molecule has 2 fully saturated rings. The van der Waals surface area contributed by atoms with E-state index in [1.807, 2.05) is 36.4 Å². The molecule has 0 bridgehead atoms. The molecular weight excluding hydrogens is 398 g/mol. The Balaban J connectivity index is 1.53. The number of amides is 1. The highest BCUT2D eigenvalue weighted by molar-refractivity contribution is 8.18. The van der Waals surface area contributed by atoms with Gasteiger partial charge in [-0.3, -0.25) is 4.79 Å². The predicted octanol–water partition coefficient (Wildman–Crippen LogP) is 4.59. The van der Waals surface area contributed by atoms with Crippen LogP contribution < -0.4 is 19.7 Å². The number of aliphatic imine (C=N–C) groups is 1. The third-order valence-corrected chi connectivity index (χ3v) is 6.09. The average Bonchev–Trinajstić information content (AvgIpc) is 3.13. The van der Waals surface area contributed by atoms with Crippen LogP contribution in [-0.2, 0) is 4.79 Å². The van der Waals surface area contributed by atoms with E-state index in [0.717, 1.165) is 35.8 Å². The minimum absolute atomic E-state index is 0.158. The molecule has 2 aliphatic rings. The molecule has 0 saturated carbocycles. The summed E-state index contributed by atoms with van der Waals surface area (Å²) in [5.41, 5.74) is 2.80. The van der Waals surface area contributed by atoms with E-state index < -0.39 is 0 Å². The number of nitrogens with zero attached hydrogens (tertiary/aromatic N) is 2. The zero-order chi connectivity index (χ0) is 20.9. The van der Waals surface area contributed by atoms with Crippen LogP contribution in [0.5, 0.6) is 11.5 Å². The molecule has 0 spiro atoms. The largest absolute Gasteiger partial charge is 0.497 e. The molecule has 2 saturated heterocycles. The van der Waals surface area contributed by atoms with Gasteiger partial charge in [-0.2, -0.15) is 0 Å². The first-order chi connectivity index (χ1) is 14.7. The average molecular weight is 424 g/mol. The number of carbonyl (C=O) groups is 1. The fourth-order valence-electron chi connectivity index (χ4n) is 3.56. The van der Waals surface area contributed by atoms with Crippen LogP contribution in [0.1, 0.15) is 24.8 Å². The smallest absolute Gasteiger partial charge is 0.264 e. The fourth-order valence-corrected chi connectivity index (χ4v) is 4.40. The molecule has 2 aromatic carbocycles. The van der Waals surface area contributed by atoms with Gasteiger partial charge >= 0.3 is 0 Å². The molecule has 0 unspecified atom stereocenters. The Kier molecular flexibility index (Phi) is 6.28. The summed E-state index contributed by atoms with van der Waals surface area (Å²) >= 11 is 1.32. The lowest BCUT2D eigenvalue weighted by Crippen LogP contribution is -2.29. The third kappa shape index (κ3) is 4.62. The summed E-state index contributed by atoms with van der Waals surface area (Å²) in [5, 5.41) is 3.38. The Morgan fingerprint density at radius 3 is 2.50 bits per heavy atom. The molecular formula is C23H25N3O3S. The van der Waals surface area contributed by atoms with E-state index in [1.54, 1.807) is 14.2 Å². The second-order valence-electron chi connectivity index (χ2n) is 7.15. The van der Waals surface area contributed by atoms with Gasteiger partial charge in [0, 0.05) is 30.4 Å². The summed E-state index contributed by atoms with van der Waals surface area (Å²) in [4.78, 5) is 19.9. The third-order valence-electron chi connectivity index (χ3n) is 5.18. The first-order valence-electron chi connectivity index (χ1n) is 10.0. The monoisotopic (exact) mass is 423 g/mol. The van der Waals surface area contributed by atoms with Gasteiger partial charge in [-0.25, -0.2) is 4.99 Å². The van der Waals surface area contributed by atoms with E-state index in [4.69, 9.17) is 9.47 Å². The van der Waals surface area contributed by atoms with Crippen LogP contribution in [0.15, 0.2) is 52.4 Å². The van der Waals surface area contributed by atoms with Gasteiger partial charge < -0.3 is 19.7 Å². The van der Waals surface area contributed by atoms with Crippen molar-refractivity contribution in [1.82, 2.24) is 5.32 Å². The van der Waals surface area contributed by atoms with E-state index in [2.05, 4.69) is 27.3 Å². The fraction of sp³-hybridized carbons (Fsp3) is 0.304.